The van der Waals surface area contributed by atoms with E-state index in [1.165, 1.54) is 0 Å². The lowest BCUT2D eigenvalue weighted by molar-refractivity contribution is -0.486. The van der Waals surface area contributed by atoms with Gasteiger partial charge in [-0.2, -0.15) is 0 Å². The lowest BCUT2D eigenvalue weighted by Gasteiger charge is -2.37. The van der Waals surface area contributed by atoms with Crippen LogP contribution >= 0.6 is 0 Å². The Labute approximate surface area is 343 Å². The van der Waals surface area contributed by atoms with Crippen molar-refractivity contribution in [2.24, 2.45) is 10.2 Å². The minimum Gasteiger partial charge on any atom is -0.335 e. The van der Waals surface area contributed by atoms with Crippen molar-refractivity contribution in [3.8, 4) is 0 Å². The minimum absolute atomic E-state index is 0.448. The molecule has 0 saturated heterocycles. The molecule has 0 aromatic heterocycles. The number of hydrogen-bond donors (Lipinski definition) is 2. The standard InChI is InChI=1S/C48H52N10/c1-39(49)55(45-27-15-7-16-28-45)35-53(43-23-11-5-12-24-43)37-57(47-31-19-9-20-32-47)41(3)51-52-42(4)58(48-33-21-10-22-34-48)38-54(44-25-13-6-14-26-44)36-56(40(2)50)46-29-17-8-18-30-46/h5-34,49-50H,35-38H2,1-4H3/p+2/b49-39?,51-41?,52-42-. The monoisotopic (exact) mass is 770 g/mol. The Morgan fingerprint density at radius 1 is 0.448 bits per heavy atom. The molecule has 0 unspecified atom stereocenters. The van der Waals surface area contributed by atoms with Crippen molar-refractivity contribution in [3.05, 3.63) is 182 Å². The van der Waals surface area contributed by atoms with Crippen LogP contribution in [0, 0.1) is 5.41 Å². The first-order valence-electron chi connectivity index (χ1n) is 19.5. The highest BCUT2D eigenvalue weighted by molar-refractivity contribution is 5.99. The van der Waals surface area contributed by atoms with Gasteiger partial charge in [-0.25, -0.2) is 0 Å². The van der Waals surface area contributed by atoms with Crippen LogP contribution in [0.4, 0.5) is 34.1 Å². The molecule has 58 heavy (non-hydrogen) atoms. The highest BCUT2D eigenvalue weighted by atomic mass is 15.4. The van der Waals surface area contributed by atoms with Crippen molar-refractivity contribution in [1.29, 1.82) is 5.41 Å². The Morgan fingerprint density at radius 2 is 0.759 bits per heavy atom. The zero-order valence-electron chi connectivity index (χ0n) is 33.9. The van der Waals surface area contributed by atoms with E-state index >= 15 is 0 Å². The molecule has 0 aliphatic rings. The molecule has 6 aromatic rings. The first kappa shape index (κ1) is 40.6. The maximum Gasteiger partial charge on any atom is 0.337 e. The van der Waals surface area contributed by atoms with Gasteiger partial charge in [0, 0.05) is 40.6 Å². The van der Waals surface area contributed by atoms with Crippen LogP contribution < -0.4 is 30.2 Å². The average Bonchev–Trinajstić information content (AvgIpc) is 3.27. The molecule has 0 aliphatic carbocycles. The van der Waals surface area contributed by atoms with Crippen LogP contribution in [0.25, 0.3) is 0 Å². The van der Waals surface area contributed by atoms with Crippen molar-refractivity contribution in [1.82, 2.24) is 0 Å². The van der Waals surface area contributed by atoms with E-state index in [1.807, 2.05) is 130 Å². The number of rotatable bonds is 15. The molecule has 0 atom stereocenters. The van der Waals surface area contributed by atoms with E-state index in [-0.39, 0.29) is 0 Å². The van der Waals surface area contributed by atoms with Crippen LogP contribution in [0.5, 0.6) is 0 Å². The highest BCUT2D eigenvalue weighted by Crippen LogP contribution is 2.24. The van der Waals surface area contributed by atoms with Crippen molar-refractivity contribution in [3.63, 3.8) is 0 Å². The fraction of sp³-hybridized carbons (Fsp3) is 0.167. The minimum atomic E-state index is 0.448. The third-order valence-electron chi connectivity index (χ3n) is 9.75. The second kappa shape index (κ2) is 20.2. The van der Waals surface area contributed by atoms with Gasteiger partial charge in [-0.3, -0.25) is 16.0 Å². The molecule has 4 N–H and O–H groups in total. The summed E-state index contributed by atoms with van der Waals surface area (Å²) >= 11 is 0. The molecule has 0 aliphatic heterocycles. The van der Waals surface area contributed by atoms with Crippen LogP contribution in [-0.4, -0.2) is 54.6 Å². The predicted molar refractivity (Wildman–Crippen MR) is 244 cm³/mol. The molecule has 6 rings (SSSR count). The van der Waals surface area contributed by atoms with E-state index in [2.05, 4.69) is 115 Å². The Balaban J connectivity index is 1.36. The normalized spacial score (nSPS) is 12.0. The maximum absolute atomic E-state index is 8.73. The summed E-state index contributed by atoms with van der Waals surface area (Å²) in [5, 5.41) is 18.6. The van der Waals surface area contributed by atoms with Gasteiger partial charge >= 0.3 is 5.84 Å². The van der Waals surface area contributed by atoms with E-state index in [0.29, 0.717) is 32.5 Å². The zero-order chi connectivity index (χ0) is 40.7. The number of quaternary nitrogens is 1. The summed E-state index contributed by atoms with van der Waals surface area (Å²) in [6, 6.07) is 61.8. The molecular weight excluding hydrogens is 717 g/mol. The molecule has 0 radical (unpaired) electrons. The molecule has 294 valence electrons. The van der Waals surface area contributed by atoms with E-state index in [4.69, 9.17) is 15.6 Å². The number of benzene rings is 6. The summed E-state index contributed by atoms with van der Waals surface area (Å²) < 4.78 is 2.22. The van der Waals surface area contributed by atoms with E-state index in [0.717, 1.165) is 51.6 Å². The number of para-hydroxylation sites is 6. The first-order chi connectivity index (χ1) is 28.3. The molecular formula is C48H54N10+2. The number of anilines is 5. The quantitative estimate of drug-likeness (QED) is 0.0357. The summed E-state index contributed by atoms with van der Waals surface area (Å²) in [5.41, 5.74) is 10.4. The van der Waals surface area contributed by atoms with Crippen LogP contribution in [0.15, 0.2) is 192 Å². The summed E-state index contributed by atoms with van der Waals surface area (Å²) in [7, 11) is 0. The molecule has 0 spiro atoms. The van der Waals surface area contributed by atoms with E-state index in [9.17, 15) is 0 Å². The Bertz CT molecular complexity index is 2260. The maximum atomic E-state index is 8.73. The van der Waals surface area contributed by atoms with Crippen LogP contribution in [0.3, 0.4) is 0 Å². The van der Waals surface area contributed by atoms with Crippen molar-refractivity contribution in [2.45, 2.75) is 27.7 Å². The molecule has 0 amide bonds. The Hall–Kier alpha value is -7.04. The van der Waals surface area contributed by atoms with Gasteiger partial charge in [0.25, 0.3) is 0 Å². The summed E-state index contributed by atoms with van der Waals surface area (Å²) in [5.74, 6) is 2.84. The largest absolute Gasteiger partial charge is 0.337 e. The van der Waals surface area contributed by atoms with E-state index < -0.39 is 0 Å². The number of hydrogen-bond acceptors (Lipinski definition) is 5. The summed E-state index contributed by atoms with van der Waals surface area (Å²) in [6.45, 7) is 9.83. The fourth-order valence-electron chi connectivity index (χ4n) is 6.61. The average molecular weight is 771 g/mol. The lowest BCUT2D eigenvalue weighted by Crippen LogP contribution is -2.60. The Morgan fingerprint density at radius 3 is 1.14 bits per heavy atom. The van der Waals surface area contributed by atoms with Gasteiger partial charge in [0.2, 0.25) is 12.4 Å². The second-order valence-corrected chi connectivity index (χ2v) is 14.0. The van der Waals surface area contributed by atoms with Crippen molar-refractivity contribution in [2.75, 3.05) is 51.2 Å². The van der Waals surface area contributed by atoms with Gasteiger partial charge in [0.05, 0.1) is 26.1 Å². The van der Waals surface area contributed by atoms with Crippen molar-refractivity contribution < 1.29 is 10.3 Å². The van der Waals surface area contributed by atoms with Crippen LogP contribution in [-0.2, 0) is 0 Å². The van der Waals surface area contributed by atoms with Crippen molar-refractivity contribution >= 4 is 57.5 Å². The molecule has 0 heterocycles. The summed E-state index contributed by atoms with van der Waals surface area (Å²) in [4.78, 5) is 10.9. The van der Waals surface area contributed by atoms with Gasteiger partial charge in [0.1, 0.15) is 18.3 Å². The van der Waals surface area contributed by atoms with E-state index in [1.54, 1.807) is 0 Å². The molecule has 10 heteroatoms. The third kappa shape index (κ3) is 10.8. The Kier molecular flexibility index (Phi) is 14.2. The fourth-order valence-corrected chi connectivity index (χ4v) is 6.61. The SMILES string of the molecule is CC(=N)N(CN(CN(C(C)=N/N=C(/C)N(CN(C[N+](=C(C)[NH3+])c1ccccc1)c1ccccc1)c1ccccc1)c1ccccc1)c1ccccc1)c1ccccc1. The molecule has 0 fully saturated rings. The third-order valence-corrected chi connectivity index (χ3v) is 9.75. The van der Waals surface area contributed by atoms with Gasteiger partial charge in [-0.05, 0) is 81.4 Å². The topological polar surface area (TPSA) is 95.4 Å². The predicted octanol–water partition coefficient (Wildman–Crippen LogP) is 9.10. The highest BCUT2D eigenvalue weighted by Gasteiger charge is 2.24. The first-order valence-corrected chi connectivity index (χ1v) is 19.5. The lowest BCUT2D eigenvalue weighted by atomic mass is 10.2. The smallest absolute Gasteiger partial charge is 0.335 e. The zero-order valence-corrected chi connectivity index (χ0v) is 33.9. The summed E-state index contributed by atoms with van der Waals surface area (Å²) in [6.07, 6.45) is 0. The van der Waals surface area contributed by atoms with Gasteiger partial charge < -0.3 is 19.6 Å². The molecule has 0 bridgehead atoms. The molecule has 6 aromatic carbocycles. The molecule has 0 saturated carbocycles. The van der Waals surface area contributed by atoms with Crippen LogP contribution in [0.1, 0.15) is 27.7 Å². The van der Waals surface area contributed by atoms with Gasteiger partial charge in [-0.1, -0.05) is 109 Å². The van der Waals surface area contributed by atoms with Gasteiger partial charge in [-0.15, -0.1) is 14.8 Å². The molecule has 10 nitrogen and oxygen atoms in total. The number of nitrogens with one attached hydrogen (secondary N) is 1. The van der Waals surface area contributed by atoms with Crippen LogP contribution in [0.2, 0.25) is 0 Å². The van der Waals surface area contributed by atoms with Gasteiger partial charge in [0.15, 0.2) is 0 Å². The number of nitrogens with zero attached hydrogens (tertiary/aromatic N) is 8. The second-order valence-electron chi connectivity index (χ2n) is 14.0. The number of amidine groups is 4.